The lowest BCUT2D eigenvalue weighted by atomic mass is 10.1. The molecule has 0 bridgehead atoms. The second-order valence-corrected chi connectivity index (χ2v) is 4.93. The van der Waals surface area contributed by atoms with Gasteiger partial charge in [-0.3, -0.25) is 4.79 Å². The van der Waals surface area contributed by atoms with Crippen molar-refractivity contribution < 1.29 is 13.6 Å². The summed E-state index contributed by atoms with van der Waals surface area (Å²) in [5, 5.41) is 2.77. The number of hydrogen-bond donors (Lipinski definition) is 1. The van der Waals surface area contributed by atoms with Gasteiger partial charge in [0.1, 0.15) is 5.82 Å². The molecule has 1 N–H and O–H groups in total. The van der Waals surface area contributed by atoms with Crippen molar-refractivity contribution in [3.63, 3.8) is 0 Å². The molecule has 3 aromatic rings. The number of carbonyl (C=O) groups is 1. The first-order valence-corrected chi connectivity index (χ1v) is 6.76. The van der Waals surface area contributed by atoms with Crippen molar-refractivity contribution in [2.45, 2.75) is 0 Å². The van der Waals surface area contributed by atoms with Gasteiger partial charge < -0.3 is 9.73 Å². The van der Waals surface area contributed by atoms with E-state index in [-0.39, 0.29) is 10.6 Å². The molecule has 1 amide bonds. The first-order chi connectivity index (χ1) is 10.6. The van der Waals surface area contributed by atoms with Gasteiger partial charge in [-0.05, 0) is 30.3 Å². The van der Waals surface area contributed by atoms with Gasteiger partial charge >= 0.3 is 0 Å². The molecular weight excluding hydrogens is 307 g/mol. The molecule has 1 aromatic heterocycles. The summed E-state index contributed by atoms with van der Waals surface area (Å²) in [6, 6.07) is 10.7. The van der Waals surface area contributed by atoms with Crippen LogP contribution in [0.1, 0.15) is 10.4 Å². The first-order valence-electron chi connectivity index (χ1n) is 6.39. The number of carbonyl (C=O) groups excluding carboxylic acids is 1. The summed E-state index contributed by atoms with van der Waals surface area (Å²) < 4.78 is 18.2. The van der Waals surface area contributed by atoms with Crippen LogP contribution in [0.5, 0.6) is 0 Å². The molecule has 0 unspecified atom stereocenters. The lowest BCUT2D eigenvalue weighted by Crippen LogP contribution is -2.12. The number of nitrogens with one attached hydrogen (secondary N) is 1. The predicted molar refractivity (Wildman–Crippen MR) is 81.3 cm³/mol. The molecule has 3 rings (SSSR count). The molecule has 0 saturated carbocycles. The van der Waals surface area contributed by atoms with Crippen molar-refractivity contribution in [2.24, 2.45) is 0 Å². The number of nitrogens with zero attached hydrogens (tertiary/aromatic N) is 1. The van der Waals surface area contributed by atoms with Gasteiger partial charge in [-0.2, -0.15) is 0 Å². The van der Waals surface area contributed by atoms with Crippen LogP contribution in [0.2, 0.25) is 5.02 Å². The van der Waals surface area contributed by atoms with E-state index in [4.69, 9.17) is 16.0 Å². The van der Waals surface area contributed by atoms with Crippen LogP contribution in [-0.4, -0.2) is 10.9 Å². The number of amides is 1. The van der Waals surface area contributed by atoms with Gasteiger partial charge in [-0.25, -0.2) is 9.37 Å². The van der Waals surface area contributed by atoms with Crippen LogP contribution in [0.3, 0.4) is 0 Å². The van der Waals surface area contributed by atoms with E-state index in [1.165, 1.54) is 18.5 Å². The highest BCUT2D eigenvalue weighted by Crippen LogP contribution is 2.23. The van der Waals surface area contributed by atoms with E-state index in [0.29, 0.717) is 11.4 Å². The number of anilines is 1. The lowest BCUT2D eigenvalue weighted by molar-refractivity contribution is 0.102. The Morgan fingerprint density at radius 1 is 1.23 bits per heavy atom. The molecule has 6 heteroatoms. The van der Waals surface area contributed by atoms with Crippen LogP contribution < -0.4 is 5.32 Å². The third-order valence-corrected chi connectivity index (χ3v) is 3.33. The van der Waals surface area contributed by atoms with Crippen molar-refractivity contribution in [3.05, 3.63) is 71.5 Å². The van der Waals surface area contributed by atoms with E-state index in [1.807, 2.05) is 6.07 Å². The predicted octanol–water partition coefficient (Wildman–Crippen LogP) is 4.39. The second-order valence-electron chi connectivity index (χ2n) is 4.52. The van der Waals surface area contributed by atoms with E-state index in [2.05, 4.69) is 10.3 Å². The van der Waals surface area contributed by atoms with Crippen molar-refractivity contribution in [3.8, 4) is 11.3 Å². The standard InChI is InChI=1S/C16H10ClFN2O2/c17-14-7-11(18)4-5-13(14)16(21)20-12-3-1-2-10(6-12)15-8-19-9-22-15/h1-9H,(H,20,21). The van der Waals surface area contributed by atoms with Gasteiger partial charge in [-0.15, -0.1) is 0 Å². The minimum atomic E-state index is -0.492. The highest BCUT2D eigenvalue weighted by molar-refractivity contribution is 6.34. The monoisotopic (exact) mass is 316 g/mol. The summed E-state index contributed by atoms with van der Waals surface area (Å²) in [6.45, 7) is 0. The SMILES string of the molecule is O=C(Nc1cccc(-c2cnco2)c1)c1ccc(F)cc1Cl. The van der Waals surface area contributed by atoms with Crippen molar-refractivity contribution >= 4 is 23.2 Å². The zero-order valence-electron chi connectivity index (χ0n) is 11.2. The average molecular weight is 317 g/mol. The second kappa shape index (κ2) is 5.99. The molecule has 2 aromatic carbocycles. The zero-order chi connectivity index (χ0) is 15.5. The minimum Gasteiger partial charge on any atom is -0.444 e. The fourth-order valence-corrected chi connectivity index (χ4v) is 2.23. The molecule has 4 nitrogen and oxygen atoms in total. The largest absolute Gasteiger partial charge is 0.444 e. The maximum Gasteiger partial charge on any atom is 0.257 e. The Kier molecular flexibility index (Phi) is 3.89. The van der Waals surface area contributed by atoms with Crippen LogP contribution in [0, 0.1) is 5.82 Å². The molecule has 0 atom stereocenters. The normalized spacial score (nSPS) is 10.5. The van der Waals surface area contributed by atoms with Gasteiger partial charge in [0.05, 0.1) is 16.8 Å². The van der Waals surface area contributed by atoms with Gasteiger partial charge in [-0.1, -0.05) is 23.7 Å². The van der Waals surface area contributed by atoms with E-state index in [9.17, 15) is 9.18 Å². The van der Waals surface area contributed by atoms with Crippen LogP contribution in [0.25, 0.3) is 11.3 Å². The summed E-state index contributed by atoms with van der Waals surface area (Å²) in [5.74, 6) is -0.315. The first kappa shape index (κ1) is 14.3. The molecule has 0 radical (unpaired) electrons. The van der Waals surface area contributed by atoms with E-state index >= 15 is 0 Å². The Morgan fingerprint density at radius 2 is 2.09 bits per heavy atom. The summed E-state index contributed by atoms with van der Waals surface area (Å²) in [7, 11) is 0. The number of oxazole rings is 1. The number of benzene rings is 2. The third-order valence-electron chi connectivity index (χ3n) is 3.01. The average Bonchev–Trinajstić information content (AvgIpc) is 3.01. The molecule has 0 aliphatic rings. The summed E-state index contributed by atoms with van der Waals surface area (Å²) in [5.41, 5.74) is 1.55. The molecule has 0 aliphatic heterocycles. The molecule has 0 spiro atoms. The van der Waals surface area contributed by atoms with Crippen LogP contribution in [0.4, 0.5) is 10.1 Å². The van der Waals surface area contributed by atoms with Gasteiger partial charge in [0.25, 0.3) is 5.91 Å². The van der Waals surface area contributed by atoms with E-state index in [1.54, 1.807) is 24.4 Å². The maximum atomic E-state index is 13.0. The lowest BCUT2D eigenvalue weighted by Gasteiger charge is -2.08. The van der Waals surface area contributed by atoms with Crippen LogP contribution >= 0.6 is 11.6 Å². The number of hydrogen-bond acceptors (Lipinski definition) is 3. The van der Waals surface area contributed by atoms with E-state index in [0.717, 1.165) is 11.6 Å². The van der Waals surface area contributed by atoms with Gasteiger partial charge in [0.15, 0.2) is 12.2 Å². The fraction of sp³-hybridized carbons (Fsp3) is 0. The van der Waals surface area contributed by atoms with Crippen molar-refractivity contribution in [1.29, 1.82) is 0 Å². The van der Waals surface area contributed by atoms with Crippen molar-refractivity contribution in [2.75, 3.05) is 5.32 Å². The maximum absolute atomic E-state index is 13.0. The summed E-state index contributed by atoms with van der Waals surface area (Å²) in [4.78, 5) is 16.0. The number of halogens is 2. The molecule has 0 saturated heterocycles. The highest BCUT2D eigenvalue weighted by Gasteiger charge is 2.12. The molecule has 110 valence electrons. The Balaban J connectivity index is 1.84. The quantitative estimate of drug-likeness (QED) is 0.779. The van der Waals surface area contributed by atoms with Crippen LogP contribution in [-0.2, 0) is 0 Å². The van der Waals surface area contributed by atoms with Gasteiger partial charge in [0, 0.05) is 11.3 Å². The molecule has 0 aliphatic carbocycles. The minimum absolute atomic E-state index is 0.0592. The molecule has 0 fully saturated rings. The Bertz CT molecular complexity index is 819. The number of aromatic nitrogens is 1. The highest BCUT2D eigenvalue weighted by atomic mass is 35.5. The summed E-state index contributed by atoms with van der Waals surface area (Å²) in [6.07, 6.45) is 2.91. The van der Waals surface area contributed by atoms with Crippen molar-refractivity contribution in [1.82, 2.24) is 4.98 Å². The topological polar surface area (TPSA) is 55.1 Å². The third kappa shape index (κ3) is 2.99. The van der Waals surface area contributed by atoms with E-state index < -0.39 is 11.7 Å². The Labute approximate surface area is 130 Å². The Morgan fingerprint density at radius 3 is 2.82 bits per heavy atom. The summed E-state index contributed by atoms with van der Waals surface area (Å²) >= 11 is 5.88. The van der Waals surface area contributed by atoms with Gasteiger partial charge in [0.2, 0.25) is 0 Å². The fourth-order valence-electron chi connectivity index (χ4n) is 1.98. The number of rotatable bonds is 3. The van der Waals surface area contributed by atoms with Crippen LogP contribution in [0.15, 0.2) is 59.5 Å². The molecular formula is C16H10ClFN2O2. The molecule has 1 heterocycles. The Hall–Kier alpha value is -2.66. The molecule has 22 heavy (non-hydrogen) atoms. The smallest absolute Gasteiger partial charge is 0.257 e. The zero-order valence-corrected chi connectivity index (χ0v) is 12.0.